The van der Waals surface area contributed by atoms with E-state index in [4.69, 9.17) is 14.2 Å². The van der Waals surface area contributed by atoms with Gasteiger partial charge in [0.1, 0.15) is 5.75 Å². The molecule has 9 heteroatoms. The van der Waals surface area contributed by atoms with Crippen LogP contribution in [-0.4, -0.2) is 45.6 Å². The van der Waals surface area contributed by atoms with Crippen molar-refractivity contribution in [3.05, 3.63) is 47.5 Å². The Labute approximate surface area is 182 Å². The average molecular weight is 447 g/mol. The monoisotopic (exact) mass is 446 g/mol. The molecular formula is C22H26N2O6S. The Morgan fingerprint density at radius 1 is 1.13 bits per heavy atom. The van der Waals surface area contributed by atoms with Crippen LogP contribution in [0.5, 0.6) is 17.2 Å². The van der Waals surface area contributed by atoms with Crippen LogP contribution in [0.1, 0.15) is 35.7 Å². The number of carbonyl (C=O) groups excluding carboxylic acids is 1. The van der Waals surface area contributed by atoms with Gasteiger partial charge >= 0.3 is 0 Å². The van der Waals surface area contributed by atoms with Gasteiger partial charge in [-0.25, -0.2) is 8.42 Å². The van der Waals surface area contributed by atoms with Crippen LogP contribution in [0.25, 0.3) is 0 Å². The number of carbonyl (C=O) groups is 1. The summed E-state index contributed by atoms with van der Waals surface area (Å²) in [6, 6.07) is 9.83. The fourth-order valence-electron chi connectivity index (χ4n) is 3.73. The highest BCUT2D eigenvalue weighted by Gasteiger charge is 2.29. The SMILES string of the molecule is COc1ccc(S(=O)(=O)N2CCC(C)CC2)cc1C(=O)NCc1ccc2c(c1)OCO2. The molecule has 4 rings (SSSR count). The number of rotatable bonds is 6. The molecule has 8 nitrogen and oxygen atoms in total. The van der Waals surface area contributed by atoms with Crippen molar-refractivity contribution < 1.29 is 27.4 Å². The van der Waals surface area contributed by atoms with E-state index in [9.17, 15) is 13.2 Å². The minimum absolute atomic E-state index is 0.0936. The van der Waals surface area contributed by atoms with E-state index in [0.29, 0.717) is 36.3 Å². The second-order valence-electron chi connectivity index (χ2n) is 7.82. The first kappa shape index (κ1) is 21.5. The first-order valence-corrected chi connectivity index (χ1v) is 11.7. The molecule has 0 aliphatic carbocycles. The van der Waals surface area contributed by atoms with Crippen LogP contribution in [0.3, 0.4) is 0 Å². The van der Waals surface area contributed by atoms with Crippen molar-refractivity contribution in [1.82, 2.24) is 9.62 Å². The summed E-state index contributed by atoms with van der Waals surface area (Å²) in [4.78, 5) is 13.0. The molecule has 166 valence electrons. The van der Waals surface area contributed by atoms with Crippen LogP contribution in [0.4, 0.5) is 0 Å². The quantitative estimate of drug-likeness (QED) is 0.733. The maximum atomic E-state index is 13.1. The third-order valence-corrected chi connectivity index (χ3v) is 7.58. The standard InChI is InChI=1S/C22H26N2O6S/c1-15-7-9-24(10-8-15)31(26,27)17-4-6-19(28-2)18(12-17)22(25)23-13-16-3-5-20-21(11-16)30-14-29-20/h3-6,11-12,15H,7-10,13-14H2,1-2H3,(H,23,25). The summed E-state index contributed by atoms with van der Waals surface area (Å²) >= 11 is 0. The Hall–Kier alpha value is -2.78. The lowest BCUT2D eigenvalue weighted by atomic mass is 10.0. The Bertz CT molecular complexity index is 1080. The lowest BCUT2D eigenvalue weighted by Crippen LogP contribution is -2.38. The number of methoxy groups -OCH3 is 1. The molecule has 0 saturated carbocycles. The highest BCUT2D eigenvalue weighted by atomic mass is 32.2. The molecule has 1 amide bonds. The maximum absolute atomic E-state index is 13.1. The highest BCUT2D eigenvalue weighted by molar-refractivity contribution is 7.89. The van der Waals surface area contributed by atoms with E-state index in [1.165, 1.54) is 29.6 Å². The molecule has 2 heterocycles. The van der Waals surface area contributed by atoms with Crippen molar-refractivity contribution in [3.8, 4) is 17.2 Å². The van der Waals surface area contributed by atoms with Crippen molar-refractivity contribution in [2.24, 2.45) is 5.92 Å². The molecule has 31 heavy (non-hydrogen) atoms. The van der Waals surface area contributed by atoms with Crippen molar-refractivity contribution in [3.63, 3.8) is 0 Å². The molecule has 2 aromatic carbocycles. The Morgan fingerprint density at radius 3 is 2.61 bits per heavy atom. The number of hydrogen-bond donors (Lipinski definition) is 1. The van der Waals surface area contributed by atoms with E-state index in [0.717, 1.165) is 18.4 Å². The van der Waals surface area contributed by atoms with Crippen LogP contribution < -0.4 is 19.5 Å². The summed E-state index contributed by atoms with van der Waals surface area (Å²) in [6.45, 7) is 3.53. The number of fused-ring (bicyclic) bond motifs is 1. The molecule has 0 spiro atoms. The van der Waals surface area contributed by atoms with Crippen molar-refractivity contribution >= 4 is 15.9 Å². The summed E-state index contributed by atoms with van der Waals surface area (Å²) < 4.78 is 43.6. The molecule has 1 saturated heterocycles. The van der Waals surface area contributed by atoms with Gasteiger partial charge in [0.2, 0.25) is 16.8 Å². The third kappa shape index (κ3) is 4.47. The van der Waals surface area contributed by atoms with Crippen molar-refractivity contribution in [2.75, 3.05) is 27.0 Å². The molecule has 0 unspecified atom stereocenters. The molecule has 1 N–H and O–H groups in total. The van der Waals surface area contributed by atoms with E-state index < -0.39 is 15.9 Å². The van der Waals surface area contributed by atoms with Gasteiger partial charge in [-0.05, 0) is 54.7 Å². The first-order chi connectivity index (χ1) is 14.9. The zero-order valence-corrected chi connectivity index (χ0v) is 18.4. The average Bonchev–Trinajstić information content (AvgIpc) is 3.25. The number of hydrogen-bond acceptors (Lipinski definition) is 6. The Balaban J connectivity index is 1.52. The first-order valence-electron chi connectivity index (χ1n) is 10.2. The summed E-state index contributed by atoms with van der Waals surface area (Å²) in [7, 11) is -2.22. The van der Waals surface area contributed by atoms with Gasteiger partial charge < -0.3 is 19.5 Å². The second-order valence-corrected chi connectivity index (χ2v) is 9.76. The normalized spacial score (nSPS) is 16.8. The molecule has 2 aliphatic heterocycles. The minimum Gasteiger partial charge on any atom is -0.496 e. The van der Waals surface area contributed by atoms with Gasteiger partial charge in [0, 0.05) is 19.6 Å². The fraction of sp³-hybridized carbons (Fsp3) is 0.409. The number of nitrogens with one attached hydrogen (secondary N) is 1. The van der Waals surface area contributed by atoms with Crippen molar-refractivity contribution in [2.45, 2.75) is 31.2 Å². The Morgan fingerprint density at radius 2 is 1.87 bits per heavy atom. The van der Waals surface area contributed by atoms with Gasteiger partial charge in [0.05, 0.1) is 17.6 Å². The second kappa shape index (κ2) is 8.76. The zero-order chi connectivity index (χ0) is 22.0. The fourth-order valence-corrected chi connectivity index (χ4v) is 5.22. The molecule has 0 bridgehead atoms. The van der Waals surface area contributed by atoms with E-state index in [1.54, 1.807) is 12.1 Å². The number of benzene rings is 2. The van der Waals surface area contributed by atoms with Gasteiger partial charge in [-0.15, -0.1) is 0 Å². The molecule has 2 aromatic rings. The van der Waals surface area contributed by atoms with Gasteiger partial charge in [-0.2, -0.15) is 4.31 Å². The van der Waals surface area contributed by atoms with Crippen LogP contribution >= 0.6 is 0 Å². The van der Waals surface area contributed by atoms with Gasteiger partial charge in [-0.3, -0.25) is 4.79 Å². The molecule has 0 radical (unpaired) electrons. The summed E-state index contributed by atoms with van der Waals surface area (Å²) in [5.74, 6) is 1.71. The molecule has 0 atom stereocenters. The largest absolute Gasteiger partial charge is 0.496 e. The molecular weight excluding hydrogens is 420 g/mol. The van der Waals surface area contributed by atoms with E-state index in [2.05, 4.69) is 12.2 Å². The lowest BCUT2D eigenvalue weighted by molar-refractivity contribution is 0.0947. The Kier molecular flexibility index (Phi) is 6.06. The summed E-state index contributed by atoms with van der Waals surface area (Å²) in [5.41, 5.74) is 1.01. The number of amides is 1. The van der Waals surface area contributed by atoms with Crippen LogP contribution in [-0.2, 0) is 16.6 Å². The minimum atomic E-state index is -3.67. The number of piperidine rings is 1. The van der Waals surface area contributed by atoms with Crippen LogP contribution in [0, 0.1) is 5.92 Å². The topological polar surface area (TPSA) is 94.2 Å². The van der Waals surface area contributed by atoms with Gasteiger partial charge in [0.25, 0.3) is 5.91 Å². The number of ether oxygens (including phenoxy) is 3. The predicted octanol–water partition coefficient (Wildman–Crippen LogP) is 2.77. The molecule has 1 fully saturated rings. The maximum Gasteiger partial charge on any atom is 0.255 e. The number of nitrogens with zero attached hydrogens (tertiary/aromatic N) is 1. The third-order valence-electron chi connectivity index (χ3n) is 5.69. The predicted molar refractivity (Wildman–Crippen MR) is 114 cm³/mol. The smallest absolute Gasteiger partial charge is 0.255 e. The zero-order valence-electron chi connectivity index (χ0n) is 17.6. The van der Waals surface area contributed by atoms with Gasteiger partial charge in [0.15, 0.2) is 11.5 Å². The molecule has 0 aromatic heterocycles. The summed E-state index contributed by atoms with van der Waals surface area (Å²) in [5, 5.41) is 2.82. The van der Waals surface area contributed by atoms with Crippen LogP contribution in [0.2, 0.25) is 0 Å². The summed E-state index contributed by atoms with van der Waals surface area (Å²) in [6.07, 6.45) is 1.66. The van der Waals surface area contributed by atoms with Crippen LogP contribution in [0.15, 0.2) is 41.3 Å². The van der Waals surface area contributed by atoms with Gasteiger partial charge in [-0.1, -0.05) is 13.0 Å². The van der Waals surface area contributed by atoms with E-state index >= 15 is 0 Å². The van der Waals surface area contributed by atoms with Crippen molar-refractivity contribution in [1.29, 1.82) is 0 Å². The number of sulfonamides is 1. The lowest BCUT2D eigenvalue weighted by Gasteiger charge is -2.29. The highest BCUT2D eigenvalue weighted by Crippen LogP contribution is 2.32. The molecule has 2 aliphatic rings. The van der Waals surface area contributed by atoms with E-state index in [-0.39, 0.29) is 23.8 Å². The van der Waals surface area contributed by atoms with E-state index in [1.807, 2.05) is 6.07 Å².